The van der Waals surface area contributed by atoms with Crippen molar-refractivity contribution < 1.29 is 4.79 Å². The maximum Gasteiger partial charge on any atom is 0.235 e. The number of benzene rings is 1. The van der Waals surface area contributed by atoms with Gasteiger partial charge in [-0.05, 0) is 30.9 Å². The van der Waals surface area contributed by atoms with Crippen molar-refractivity contribution in [3.8, 4) is 0 Å². The molecule has 0 N–H and O–H groups in total. The summed E-state index contributed by atoms with van der Waals surface area (Å²) in [5.74, 6) is 0. The lowest BCUT2D eigenvalue weighted by Gasteiger charge is -2.24. The molecule has 3 heteroatoms. The first-order valence-corrected chi connectivity index (χ1v) is 5.92. The van der Waals surface area contributed by atoms with Crippen LogP contribution in [0.1, 0.15) is 36.8 Å². The molecule has 0 spiro atoms. The van der Waals surface area contributed by atoms with E-state index in [0.29, 0.717) is 0 Å². The number of carbonyl (C=O) groups excluding carboxylic acids is 1. The molecule has 0 bridgehead atoms. The number of isocyanates is 1. The first-order chi connectivity index (χ1) is 7.69. The molecule has 0 atom stereocenters. The number of nitrogens with zero attached hydrogens (tertiary/aromatic N) is 1. The van der Waals surface area contributed by atoms with E-state index in [4.69, 9.17) is 11.6 Å². The van der Waals surface area contributed by atoms with Crippen molar-refractivity contribution >= 4 is 17.7 Å². The van der Waals surface area contributed by atoms with Crippen molar-refractivity contribution in [2.24, 2.45) is 4.99 Å². The molecule has 0 aromatic heterocycles. The molecule has 1 saturated carbocycles. The van der Waals surface area contributed by atoms with E-state index >= 15 is 0 Å². The minimum atomic E-state index is -0.412. The fraction of sp³-hybridized carbons (Fsp3) is 0.462. The largest absolute Gasteiger partial charge is 0.235 e. The number of rotatable bonds is 2. The number of aryl methyl sites for hydroxylation is 1. The highest BCUT2D eigenvalue weighted by Gasteiger charge is 2.37. The summed E-state index contributed by atoms with van der Waals surface area (Å²) in [4.78, 5) is 14.6. The van der Waals surface area contributed by atoms with Gasteiger partial charge in [-0.1, -0.05) is 42.6 Å². The molecule has 1 aromatic carbocycles. The maximum absolute atomic E-state index is 10.6. The Morgan fingerprint density at radius 2 is 2.06 bits per heavy atom. The van der Waals surface area contributed by atoms with Crippen LogP contribution >= 0.6 is 11.6 Å². The molecular formula is C13H14ClNO. The molecular weight excluding hydrogens is 222 g/mol. The van der Waals surface area contributed by atoms with Crippen LogP contribution in [0, 0.1) is 6.92 Å². The topological polar surface area (TPSA) is 29.4 Å². The van der Waals surface area contributed by atoms with Crippen LogP contribution in [0.5, 0.6) is 0 Å². The molecule has 1 aliphatic rings. The number of aliphatic imine (C=N–C) groups is 1. The van der Waals surface area contributed by atoms with Crippen molar-refractivity contribution in [2.75, 3.05) is 0 Å². The van der Waals surface area contributed by atoms with Crippen molar-refractivity contribution in [1.82, 2.24) is 0 Å². The number of halogens is 1. The number of hydrogen-bond donors (Lipinski definition) is 0. The summed E-state index contributed by atoms with van der Waals surface area (Å²) in [6.45, 7) is 1.97. The Morgan fingerprint density at radius 3 is 2.69 bits per heavy atom. The Morgan fingerprint density at radius 1 is 1.38 bits per heavy atom. The Kier molecular flexibility index (Phi) is 3.13. The van der Waals surface area contributed by atoms with Crippen LogP contribution in [-0.4, -0.2) is 6.08 Å². The van der Waals surface area contributed by atoms with Crippen molar-refractivity contribution in [2.45, 2.75) is 38.1 Å². The predicted octanol–water partition coefficient (Wildman–Crippen LogP) is 3.75. The highest BCUT2D eigenvalue weighted by atomic mass is 35.5. The molecule has 2 nitrogen and oxygen atoms in total. The van der Waals surface area contributed by atoms with E-state index in [1.165, 1.54) is 0 Å². The zero-order valence-corrected chi connectivity index (χ0v) is 10.0. The van der Waals surface area contributed by atoms with Gasteiger partial charge in [0.1, 0.15) is 0 Å². The quantitative estimate of drug-likeness (QED) is 0.567. The van der Waals surface area contributed by atoms with Gasteiger partial charge in [-0.2, -0.15) is 4.99 Å². The Hall–Kier alpha value is -1.11. The average molecular weight is 236 g/mol. The summed E-state index contributed by atoms with van der Waals surface area (Å²) in [5, 5.41) is 0.739. The third-order valence-corrected chi connectivity index (χ3v) is 3.89. The van der Waals surface area contributed by atoms with Crippen LogP contribution in [0.3, 0.4) is 0 Å². The third-order valence-electron chi connectivity index (χ3n) is 3.38. The van der Waals surface area contributed by atoms with Gasteiger partial charge in [0, 0.05) is 5.02 Å². The highest BCUT2D eigenvalue weighted by Crippen LogP contribution is 2.45. The minimum absolute atomic E-state index is 0.412. The molecule has 1 fully saturated rings. The van der Waals surface area contributed by atoms with E-state index < -0.39 is 5.54 Å². The maximum atomic E-state index is 10.6. The Bertz CT molecular complexity index is 443. The lowest BCUT2D eigenvalue weighted by molar-refractivity contribution is 0.456. The molecule has 16 heavy (non-hydrogen) atoms. The van der Waals surface area contributed by atoms with Crippen molar-refractivity contribution in [3.63, 3.8) is 0 Å². The fourth-order valence-corrected chi connectivity index (χ4v) is 2.80. The average Bonchev–Trinajstić information content (AvgIpc) is 2.72. The summed E-state index contributed by atoms with van der Waals surface area (Å²) < 4.78 is 0. The van der Waals surface area contributed by atoms with E-state index in [0.717, 1.165) is 41.8 Å². The van der Waals surface area contributed by atoms with E-state index in [1.807, 2.05) is 25.1 Å². The van der Waals surface area contributed by atoms with Crippen LogP contribution in [0.4, 0.5) is 0 Å². The Labute approximate surface area is 100 Å². The summed E-state index contributed by atoms with van der Waals surface area (Å²) in [6, 6.07) is 5.91. The van der Waals surface area contributed by atoms with Gasteiger partial charge in [0.15, 0.2) is 0 Å². The molecule has 0 unspecified atom stereocenters. The van der Waals surface area contributed by atoms with Gasteiger partial charge >= 0.3 is 0 Å². The first kappa shape index (κ1) is 11.4. The van der Waals surface area contributed by atoms with Gasteiger partial charge in [0.25, 0.3) is 0 Å². The van der Waals surface area contributed by atoms with Gasteiger partial charge in [-0.25, -0.2) is 4.79 Å². The van der Waals surface area contributed by atoms with Crippen LogP contribution < -0.4 is 0 Å². The van der Waals surface area contributed by atoms with Crippen LogP contribution in [0.25, 0.3) is 0 Å². The molecule has 1 aromatic rings. The van der Waals surface area contributed by atoms with Crippen molar-refractivity contribution in [1.29, 1.82) is 0 Å². The second-order valence-electron chi connectivity index (χ2n) is 4.38. The van der Waals surface area contributed by atoms with Crippen LogP contribution in [0.15, 0.2) is 23.2 Å². The summed E-state index contributed by atoms with van der Waals surface area (Å²) in [7, 11) is 0. The SMILES string of the molecule is Cc1cccc(C2(N=C=O)CCCC2)c1Cl. The summed E-state index contributed by atoms with van der Waals surface area (Å²) in [5.41, 5.74) is 1.60. The molecule has 0 saturated heterocycles. The molecule has 0 aliphatic heterocycles. The fourth-order valence-electron chi connectivity index (χ4n) is 2.50. The van der Waals surface area contributed by atoms with Gasteiger partial charge < -0.3 is 0 Å². The third kappa shape index (κ3) is 1.79. The zero-order chi connectivity index (χ0) is 11.6. The molecule has 1 aliphatic carbocycles. The number of hydrogen-bond acceptors (Lipinski definition) is 2. The lowest BCUT2D eigenvalue weighted by Crippen LogP contribution is -2.19. The predicted molar refractivity (Wildman–Crippen MR) is 64.5 cm³/mol. The normalized spacial score (nSPS) is 18.1. The summed E-state index contributed by atoms with van der Waals surface area (Å²) >= 11 is 6.31. The van der Waals surface area contributed by atoms with Gasteiger partial charge in [0.05, 0.1) is 5.54 Å². The van der Waals surface area contributed by atoms with Gasteiger partial charge in [-0.15, -0.1) is 0 Å². The smallest absolute Gasteiger partial charge is 0.211 e. The zero-order valence-electron chi connectivity index (χ0n) is 9.29. The second kappa shape index (κ2) is 4.40. The van der Waals surface area contributed by atoms with Crippen LogP contribution in [0.2, 0.25) is 5.02 Å². The van der Waals surface area contributed by atoms with Gasteiger partial charge in [0.2, 0.25) is 6.08 Å². The minimum Gasteiger partial charge on any atom is -0.211 e. The molecule has 0 radical (unpaired) electrons. The highest BCUT2D eigenvalue weighted by molar-refractivity contribution is 6.32. The van der Waals surface area contributed by atoms with E-state index in [1.54, 1.807) is 6.08 Å². The molecule has 2 rings (SSSR count). The molecule has 0 heterocycles. The van der Waals surface area contributed by atoms with E-state index in [-0.39, 0.29) is 0 Å². The van der Waals surface area contributed by atoms with Crippen LogP contribution in [-0.2, 0) is 10.3 Å². The van der Waals surface area contributed by atoms with E-state index in [9.17, 15) is 4.79 Å². The second-order valence-corrected chi connectivity index (χ2v) is 4.76. The lowest BCUT2D eigenvalue weighted by atomic mass is 9.88. The standard InChI is InChI=1S/C13H14ClNO/c1-10-5-4-6-11(12(10)14)13(15-9-16)7-2-3-8-13/h4-6H,2-3,7-8H2,1H3. The van der Waals surface area contributed by atoms with E-state index in [2.05, 4.69) is 4.99 Å². The summed E-state index contributed by atoms with van der Waals surface area (Å²) in [6.07, 6.45) is 5.69. The molecule has 0 amide bonds. The van der Waals surface area contributed by atoms with Crippen molar-refractivity contribution in [3.05, 3.63) is 34.3 Å². The Balaban J connectivity index is 2.55. The molecule has 84 valence electrons. The first-order valence-electron chi connectivity index (χ1n) is 5.54. The van der Waals surface area contributed by atoms with Gasteiger partial charge in [-0.3, -0.25) is 0 Å². The monoisotopic (exact) mass is 235 g/mol.